The molecule has 2 atom stereocenters. The Morgan fingerprint density at radius 2 is 1.64 bits per heavy atom. The molecule has 3 amide bonds. The van der Waals surface area contributed by atoms with Crippen LogP contribution in [0.3, 0.4) is 0 Å². The number of rotatable bonds is 6. The predicted octanol–water partition coefficient (Wildman–Crippen LogP) is 1.62. The van der Waals surface area contributed by atoms with Gasteiger partial charge >= 0.3 is 12.1 Å². The van der Waals surface area contributed by atoms with E-state index in [1.54, 1.807) is 9.80 Å². The van der Waals surface area contributed by atoms with Gasteiger partial charge in [-0.15, -0.1) is 0 Å². The van der Waals surface area contributed by atoms with Gasteiger partial charge in [0.25, 0.3) is 0 Å². The topological polar surface area (TPSA) is 131 Å². The van der Waals surface area contributed by atoms with Crippen molar-refractivity contribution in [3.8, 4) is 0 Å². The Balaban J connectivity index is 1.77. The first-order chi connectivity index (χ1) is 15.3. The summed E-state index contributed by atoms with van der Waals surface area (Å²) >= 11 is 0. The van der Waals surface area contributed by atoms with E-state index in [1.807, 2.05) is 20.8 Å². The molecule has 0 radical (unpaired) electrons. The fraction of sp³-hybridized carbons (Fsp3) is 0.826. The minimum atomic E-state index is -1.60. The highest BCUT2D eigenvalue weighted by Crippen LogP contribution is 2.25. The van der Waals surface area contributed by atoms with Gasteiger partial charge in [-0.25, -0.2) is 9.59 Å². The third kappa shape index (κ3) is 8.17. The Bertz CT molecular complexity index is 725. The zero-order valence-corrected chi connectivity index (χ0v) is 20.6. The van der Waals surface area contributed by atoms with Crippen LogP contribution in [0.4, 0.5) is 4.79 Å². The number of ether oxygens (including phenoxy) is 2. The maximum Gasteiger partial charge on any atom is 0.410 e. The van der Waals surface area contributed by atoms with Crippen molar-refractivity contribution in [2.24, 2.45) is 17.6 Å². The molecule has 2 aliphatic heterocycles. The van der Waals surface area contributed by atoms with Gasteiger partial charge in [-0.1, -0.05) is 0 Å². The first kappa shape index (κ1) is 26.9. The third-order valence-electron chi connectivity index (χ3n) is 6.17. The molecule has 3 N–H and O–H groups in total. The third-order valence-corrected chi connectivity index (χ3v) is 6.17. The molecule has 0 unspecified atom stereocenters. The maximum absolute atomic E-state index is 12.8. The van der Waals surface area contributed by atoms with E-state index in [4.69, 9.17) is 10.5 Å². The number of nitrogens with zero attached hydrogens (tertiary/aromatic N) is 2. The summed E-state index contributed by atoms with van der Waals surface area (Å²) in [6.45, 7) is 9.16. The molecule has 0 aliphatic carbocycles. The molecule has 0 aromatic rings. The molecule has 2 saturated heterocycles. The van der Waals surface area contributed by atoms with Gasteiger partial charge in [-0.05, 0) is 65.7 Å². The lowest BCUT2D eigenvalue weighted by molar-refractivity contribution is -0.151. The SMILES string of the molecule is COC(=O)[C@@](C)(N)NC(=O)[C@@H]1CCCN(C(=O)CCC2CCN(C(=O)OC(C)(C)C)CC2)C1. The zero-order chi connectivity index (χ0) is 24.8. The number of piperidine rings is 2. The number of esters is 1. The summed E-state index contributed by atoms with van der Waals surface area (Å²) in [7, 11) is 1.21. The number of carbonyl (C=O) groups excluding carboxylic acids is 4. The van der Waals surface area contributed by atoms with Gasteiger partial charge in [0.05, 0.1) is 13.0 Å². The average molecular weight is 469 g/mol. The summed E-state index contributed by atoms with van der Waals surface area (Å²) in [5, 5.41) is 2.53. The minimum absolute atomic E-state index is 0.0329. The molecule has 33 heavy (non-hydrogen) atoms. The first-order valence-corrected chi connectivity index (χ1v) is 11.8. The highest BCUT2D eigenvalue weighted by atomic mass is 16.6. The fourth-order valence-electron chi connectivity index (χ4n) is 4.26. The Hall–Kier alpha value is -2.36. The molecule has 188 valence electrons. The van der Waals surface area contributed by atoms with E-state index >= 15 is 0 Å². The monoisotopic (exact) mass is 468 g/mol. The molecule has 2 rings (SSSR count). The van der Waals surface area contributed by atoms with Crippen LogP contribution in [0.25, 0.3) is 0 Å². The van der Waals surface area contributed by atoms with Gasteiger partial charge in [-0.2, -0.15) is 0 Å². The lowest BCUT2D eigenvalue weighted by Crippen LogP contribution is -2.61. The second kappa shape index (κ2) is 11.2. The minimum Gasteiger partial charge on any atom is -0.466 e. The number of carbonyl (C=O) groups is 4. The molecule has 2 aliphatic rings. The second-order valence-corrected chi connectivity index (χ2v) is 10.3. The van der Waals surface area contributed by atoms with E-state index in [0.717, 1.165) is 25.7 Å². The maximum atomic E-state index is 12.8. The summed E-state index contributed by atoms with van der Waals surface area (Å²) in [6, 6.07) is 0. The molecule has 2 fully saturated rings. The second-order valence-electron chi connectivity index (χ2n) is 10.3. The van der Waals surface area contributed by atoms with Crippen LogP contribution in [-0.2, 0) is 23.9 Å². The van der Waals surface area contributed by atoms with Crippen molar-refractivity contribution in [2.45, 2.75) is 77.5 Å². The molecule has 0 bridgehead atoms. The normalized spacial score (nSPS) is 21.7. The van der Waals surface area contributed by atoms with Gasteiger partial charge in [0.15, 0.2) is 5.66 Å². The Morgan fingerprint density at radius 3 is 2.21 bits per heavy atom. The van der Waals surface area contributed by atoms with Crippen LogP contribution >= 0.6 is 0 Å². The number of likely N-dealkylation sites (tertiary alicyclic amines) is 2. The highest BCUT2D eigenvalue weighted by molar-refractivity contribution is 5.88. The number of nitrogens with two attached hydrogens (primary N) is 1. The van der Waals surface area contributed by atoms with Crippen LogP contribution in [0.5, 0.6) is 0 Å². The summed E-state index contributed by atoms with van der Waals surface area (Å²) in [6.07, 6.45) is 3.95. The number of hydrogen-bond donors (Lipinski definition) is 2. The largest absolute Gasteiger partial charge is 0.466 e. The van der Waals surface area contributed by atoms with Crippen LogP contribution in [-0.4, -0.2) is 78.2 Å². The van der Waals surface area contributed by atoms with Gasteiger partial charge in [0.1, 0.15) is 5.60 Å². The first-order valence-electron chi connectivity index (χ1n) is 11.8. The number of methoxy groups -OCH3 is 1. The van der Waals surface area contributed by atoms with E-state index in [1.165, 1.54) is 14.0 Å². The lowest BCUT2D eigenvalue weighted by atomic mass is 9.91. The summed E-state index contributed by atoms with van der Waals surface area (Å²) in [5.41, 5.74) is 3.73. The van der Waals surface area contributed by atoms with Crippen molar-refractivity contribution in [3.05, 3.63) is 0 Å². The van der Waals surface area contributed by atoms with Crippen LogP contribution in [0, 0.1) is 11.8 Å². The molecule has 2 heterocycles. The van der Waals surface area contributed by atoms with Crippen LogP contribution in [0.2, 0.25) is 0 Å². The molecule has 10 nitrogen and oxygen atoms in total. The van der Waals surface area contributed by atoms with E-state index < -0.39 is 23.2 Å². The standard InChI is InChI=1S/C23H40N4O6/c1-22(2,3)33-21(31)26-13-10-16(11-14-26)8-9-18(28)27-12-6-7-17(15-27)19(29)25-23(4,24)20(30)32-5/h16-17H,6-15,24H2,1-5H3,(H,25,29)/t17-,23+/m1/s1. The lowest BCUT2D eigenvalue weighted by Gasteiger charge is -2.35. The number of hydrogen-bond acceptors (Lipinski definition) is 7. The molecule has 0 saturated carbocycles. The van der Waals surface area contributed by atoms with Crippen molar-refractivity contribution < 1.29 is 28.7 Å². The van der Waals surface area contributed by atoms with Crippen molar-refractivity contribution in [1.29, 1.82) is 0 Å². The summed E-state index contributed by atoms with van der Waals surface area (Å²) in [5.74, 6) is -1.07. The average Bonchev–Trinajstić information content (AvgIpc) is 2.75. The van der Waals surface area contributed by atoms with Gasteiger partial charge < -0.3 is 24.6 Å². The van der Waals surface area contributed by atoms with Crippen LogP contribution < -0.4 is 11.1 Å². The predicted molar refractivity (Wildman–Crippen MR) is 122 cm³/mol. The molecular weight excluding hydrogens is 428 g/mol. The van der Waals surface area contributed by atoms with Gasteiger partial charge in [-0.3, -0.25) is 15.3 Å². The van der Waals surface area contributed by atoms with E-state index in [2.05, 4.69) is 10.1 Å². The summed E-state index contributed by atoms with van der Waals surface area (Å²) < 4.78 is 10.1. The number of amides is 3. The fourth-order valence-corrected chi connectivity index (χ4v) is 4.26. The zero-order valence-electron chi connectivity index (χ0n) is 20.6. The van der Waals surface area contributed by atoms with Crippen molar-refractivity contribution in [3.63, 3.8) is 0 Å². The van der Waals surface area contributed by atoms with E-state index in [0.29, 0.717) is 44.9 Å². The van der Waals surface area contributed by atoms with Crippen molar-refractivity contribution in [1.82, 2.24) is 15.1 Å². The molecular formula is C23H40N4O6. The Morgan fingerprint density at radius 1 is 1.00 bits per heavy atom. The molecule has 0 aromatic carbocycles. The Labute approximate surface area is 196 Å². The van der Waals surface area contributed by atoms with Gasteiger partial charge in [0, 0.05) is 32.6 Å². The van der Waals surface area contributed by atoms with E-state index in [9.17, 15) is 19.2 Å². The highest BCUT2D eigenvalue weighted by Gasteiger charge is 2.36. The molecule has 10 heteroatoms. The number of nitrogens with one attached hydrogen (secondary N) is 1. The summed E-state index contributed by atoms with van der Waals surface area (Å²) in [4.78, 5) is 52.8. The Kier molecular flexibility index (Phi) is 9.11. The quantitative estimate of drug-likeness (QED) is 0.447. The van der Waals surface area contributed by atoms with Crippen molar-refractivity contribution in [2.75, 3.05) is 33.3 Å². The van der Waals surface area contributed by atoms with E-state index in [-0.39, 0.29) is 17.9 Å². The van der Waals surface area contributed by atoms with Crippen LogP contribution in [0.15, 0.2) is 0 Å². The van der Waals surface area contributed by atoms with Crippen molar-refractivity contribution >= 4 is 23.9 Å². The van der Waals surface area contributed by atoms with Crippen LogP contribution in [0.1, 0.15) is 66.2 Å². The molecule has 0 spiro atoms. The smallest absolute Gasteiger partial charge is 0.410 e. The van der Waals surface area contributed by atoms with Gasteiger partial charge in [0.2, 0.25) is 11.8 Å². The molecule has 0 aromatic heterocycles.